The van der Waals surface area contributed by atoms with Crippen LogP contribution in [0.4, 0.5) is 11.4 Å². The summed E-state index contributed by atoms with van der Waals surface area (Å²) in [4.78, 5) is 63.2. The Morgan fingerprint density at radius 2 is 1.11 bits per heavy atom. The quantitative estimate of drug-likeness (QED) is 0.102. The number of benzene rings is 4. The van der Waals surface area contributed by atoms with Crippen LogP contribution in [0.3, 0.4) is 0 Å². The lowest BCUT2D eigenvalue weighted by Crippen LogP contribution is -2.48. The van der Waals surface area contributed by atoms with Gasteiger partial charge in [-0.2, -0.15) is 0 Å². The summed E-state index contributed by atoms with van der Waals surface area (Å²) < 4.78 is 19.2. The van der Waals surface area contributed by atoms with E-state index in [4.69, 9.17) is 18.7 Å². The van der Waals surface area contributed by atoms with Crippen LogP contribution >= 0.6 is 22.7 Å². The second-order valence-corrected chi connectivity index (χ2v) is 23.2. The minimum atomic E-state index is -0.787. The Balaban J connectivity index is 0.000000175. The number of hydrogen-bond acceptors (Lipinski definition) is 13. The number of esters is 1. The number of aliphatic carboxylic acids is 1. The number of carboxylic acids is 1. The molecule has 2 aliphatic heterocycles. The van der Waals surface area contributed by atoms with Crippen LogP contribution < -0.4 is 21.1 Å². The molecule has 0 radical (unpaired) electrons. The number of ether oxygens (including phenoxy) is 1. The summed E-state index contributed by atoms with van der Waals surface area (Å²) >= 11 is 2.99. The molecule has 2 unspecified atom stereocenters. The number of aromatic nitrogens is 2. The molecule has 8 aromatic rings. The van der Waals surface area contributed by atoms with Gasteiger partial charge in [0.25, 0.3) is 0 Å². The SMILES string of the molecule is CC1CC(C)(C)N(CCCC(=O)O)c2cc3oc(=O)c(-c4nc5ccccc5s4)cc3cc21.CC1CC(C)(C)N(CCCC(=O)OC(C)(C)C)c2cc3oc(=O)c(-c4nc5ccccc5s4)cc3cc21. The molecule has 0 bridgehead atoms. The Morgan fingerprint density at radius 1 is 0.686 bits per heavy atom. The van der Waals surface area contributed by atoms with Gasteiger partial charge < -0.3 is 28.5 Å². The standard InChI is InChI=1S/C30H34N2O4S.C26H26N2O4S/c1-18-17-30(5,6)32(13-9-12-26(33)36-29(2,3)4)23-16-24-19(14-20(18)23)15-21(28(34)35-24)27-31-22-10-7-8-11-25(22)37-27;1-15-14-26(2,3)28(10-6-9-23(29)30)20-13-21-16(11-17(15)20)12-18(25(31)32-21)24-27-19-7-4-5-8-22(19)33-24/h7-8,10-11,14-16,18H,9,12-13,17H2,1-6H3;4-5,7-8,11-13,15H,6,9-10,14H2,1-3H3,(H,29,30). The molecule has 0 saturated heterocycles. The summed E-state index contributed by atoms with van der Waals surface area (Å²) in [5.41, 5.74) is 6.84. The number of rotatable bonds is 10. The van der Waals surface area contributed by atoms with Gasteiger partial charge in [0, 0.05) is 71.3 Å². The third-order valence-electron chi connectivity index (χ3n) is 13.5. The summed E-state index contributed by atoms with van der Waals surface area (Å²) in [5, 5.41) is 12.2. The Hall–Kier alpha value is -6.38. The molecule has 4 aromatic heterocycles. The van der Waals surface area contributed by atoms with Gasteiger partial charge >= 0.3 is 23.2 Å². The lowest BCUT2D eigenvalue weighted by atomic mass is 9.79. The predicted molar refractivity (Wildman–Crippen MR) is 283 cm³/mol. The smallest absolute Gasteiger partial charge is 0.346 e. The summed E-state index contributed by atoms with van der Waals surface area (Å²) in [6.45, 7) is 20.3. The highest BCUT2D eigenvalue weighted by molar-refractivity contribution is 7.22. The topological polar surface area (TPSA) is 156 Å². The minimum absolute atomic E-state index is 0.102. The van der Waals surface area contributed by atoms with Crippen LogP contribution in [-0.4, -0.2) is 56.8 Å². The van der Waals surface area contributed by atoms with Gasteiger partial charge in [0.2, 0.25) is 0 Å². The van der Waals surface area contributed by atoms with Crippen molar-refractivity contribution >= 4 is 88.4 Å². The van der Waals surface area contributed by atoms with E-state index >= 15 is 0 Å². The maximum atomic E-state index is 13.0. The van der Waals surface area contributed by atoms with Crippen LogP contribution in [0.15, 0.2) is 103 Å². The fourth-order valence-corrected chi connectivity index (χ4v) is 12.4. The maximum absolute atomic E-state index is 13.0. The fraction of sp³-hybridized carbons (Fsp3) is 0.393. The predicted octanol–water partition coefficient (Wildman–Crippen LogP) is 13.3. The average molecular weight is 981 g/mol. The fourth-order valence-electron chi connectivity index (χ4n) is 10.5. The zero-order valence-electron chi connectivity index (χ0n) is 41.3. The van der Waals surface area contributed by atoms with Crippen molar-refractivity contribution in [1.82, 2.24) is 9.97 Å². The number of carbonyl (C=O) groups excluding carboxylic acids is 1. The van der Waals surface area contributed by atoms with Crippen molar-refractivity contribution in [3.63, 3.8) is 0 Å². The normalized spacial score (nSPS) is 17.3. The van der Waals surface area contributed by atoms with E-state index < -0.39 is 17.2 Å². The van der Waals surface area contributed by atoms with Crippen LogP contribution in [0, 0.1) is 0 Å². The molecule has 0 spiro atoms. The highest BCUT2D eigenvalue weighted by atomic mass is 32.1. The van der Waals surface area contributed by atoms with Crippen LogP contribution in [0.25, 0.3) is 63.5 Å². The van der Waals surface area contributed by atoms with E-state index in [1.54, 1.807) is 0 Å². The molecule has 4 aromatic carbocycles. The largest absolute Gasteiger partial charge is 0.481 e. The van der Waals surface area contributed by atoms with Gasteiger partial charge in [-0.25, -0.2) is 19.6 Å². The number of hydrogen-bond donors (Lipinski definition) is 1. The number of nitrogens with zero attached hydrogens (tertiary/aromatic N) is 4. The Labute approximate surface area is 414 Å². The molecular weight excluding hydrogens is 921 g/mol. The van der Waals surface area contributed by atoms with Crippen molar-refractivity contribution in [2.45, 2.75) is 129 Å². The van der Waals surface area contributed by atoms with Gasteiger partial charge in [-0.3, -0.25) is 9.59 Å². The van der Waals surface area contributed by atoms with Crippen molar-refractivity contribution in [1.29, 1.82) is 0 Å². The second-order valence-electron chi connectivity index (χ2n) is 21.1. The molecule has 12 nitrogen and oxygen atoms in total. The Bertz CT molecular complexity index is 3360. The Morgan fingerprint density at radius 3 is 1.53 bits per heavy atom. The van der Waals surface area contributed by atoms with Gasteiger partial charge in [0.1, 0.15) is 26.8 Å². The number of anilines is 2. The van der Waals surface area contributed by atoms with Crippen LogP contribution in [0.5, 0.6) is 0 Å². The number of carboxylic acid groups (broad SMARTS) is 1. The summed E-state index contributed by atoms with van der Waals surface area (Å²) in [6, 6.07) is 27.8. The van der Waals surface area contributed by atoms with E-state index in [2.05, 4.69) is 73.4 Å². The monoisotopic (exact) mass is 980 g/mol. The van der Waals surface area contributed by atoms with Crippen LogP contribution in [-0.2, 0) is 14.3 Å². The first kappa shape index (κ1) is 48.6. The van der Waals surface area contributed by atoms with Crippen molar-refractivity contribution in [2.75, 3.05) is 22.9 Å². The van der Waals surface area contributed by atoms with E-state index in [0.717, 1.165) is 55.4 Å². The highest BCUT2D eigenvalue weighted by Gasteiger charge is 2.38. The number of carbonyl (C=O) groups is 2. The van der Waals surface area contributed by atoms with Crippen LogP contribution in [0.1, 0.15) is 124 Å². The first-order valence-corrected chi connectivity index (χ1v) is 25.7. The summed E-state index contributed by atoms with van der Waals surface area (Å²) in [7, 11) is 0. The van der Waals surface area contributed by atoms with Gasteiger partial charge in [0.15, 0.2) is 0 Å². The van der Waals surface area contributed by atoms with Crippen molar-refractivity contribution in [3.8, 4) is 21.1 Å². The van der Waals surface area contributed by atoms with E-state index in [-0.39, 0.29) is 29.1 Å². The molecule has 1 N–H and O–H groups in total. The average Bonchev–Trinajstić information content (AvgIpc) is 3.91. The van der Waals surface area contributed by atoms with Crippen molar-refractivity contribution < 1.29 is 28.3 Å². The zero-order chi connectivity index (χ0) is 49.9. The van der Waals surface area contributed by atoms with E-state index in [9.17, 15) is 19.2 Å². The molecule has 364 valence electrons. The van der Waals surface area contributed by atoms with Crippen molar-refractivity contribution in [3.05, 3.63) is 117 Å². The second kappa shape index (κ2) is 18.7. The molecule has 6 heterocycles. The molecule has 2 aliphatic rings. The maximum Gasteiger partial charge on any atom is 0.346 e. The molecule has 70 heavy (non-hydrogen) atoms. The van der Waals surface area contributed by atoms with Crippen molar-refractivity contribution in [2.24, 2.45) is 0 Å². The number of thiazole rings is 2. The molecule has 14 heteroatoms. The Kier molecular flexibility index (Phi) is 13.0. The molecular formula is C56H60N4O8S2. The van der Waals surface area contributed by atoms with Gasteiger partial charge in [-0.15, -0.1) is 22.7 Å². The van der Waals surface area contributed by atoms with E-state index in [1.807, 2.05) is 93.6 Å². The number of para-hydroxylation sites is 2. The molecule has 0 saturated carbocycles. The molecule has 0 aliphatic carbocycles. The molecule has 0 fully saturated rings. The molecule has 10 rings (SSSR count). The third kappa shape index (κ3) is 9.98. The van der Waals surface area contributed by atoms with Gasteiger partial charge in [-0.1, -0.05) is 38.1 Å². The zero-order valence-corrected chi connectivity index (χ0v) is 42.9. The third-order valence-corrected chi connectivity index (χ3v) is 15.6. The summed E-state index contributed by atoms with van der Waals surface area (Å²) in [6.07, 6.45) is 3.68. The first-order valence-electron chi connectivity index (χ1n) is 24.1. The molecule has 0 amide bonds. The highest BCUT2D eigenvalue weighted by Crippen LogP contribution is 2.47. The summed E-state index contributed by atoms with van der Waals surface area (Å²) in [5.74, 6) is -0.296. The number of fused-ring (bicyclic) bond motifs is 6. The minimum Gasteiger partial charge on any atom is -0.481 e. The van der Waals surface area contributed by atoms with Crippen LogP contribution in [0.2, 0.25) is 0 Å². The van der Waals surface area contributed by atoms with Gasteiger partial charge in [-0.05, 0) is 146 Å². The first-order chi connectivity index (χ1) is 33.1. The van der Waals surface area contributed by atoms with E-state index in [0.29, 0.717) is 76.5 Å². The lowest BCUT2D eigenvalue weighted by molar-refractivity contribution is -0.154. The molecule has 2 atom stereocenters. The van der Waals surface area contributed by atoms with E-state index in [1.165, 1.54) is 33.8 Å². The van der Waals surface area contributed by atoms with Gasteiger partial charge in [0.05, 0.1) is 31.6 Å². The lowest BCUT2D eigenvalue weighted by Gasteiger charge is -2.47.